The van der Waals surface area contributed by atoms with Gasteiger partial charge in [-0.1, -0.05) is 23.7 Å². The number of hydrogen-bond acceptors (Lipinski definition) is 6. The fraction of sp³-hybridized carbons (Fsp3) is 0.190. The Labute approximate surface area is 172 Å². The summed E-state index contributed by atoms with van der Waals surface area (Å²) in [7, 11) is 1.74. The van der Waals surface area contributed by atoms with E-state index in [2.05, 4.69) is 25.3 Å². The summed E-state index contributed by atoms with van der Waals surface area (Å²) < 4.78 is 1.63. The van der Waals surface area contributed by atoms with Crippen molar-refractivity contribution >= 4 is 28.6 Å². The Morgan fingerprint density at radius 1 is 1.10 bits per heavy atom. The monoisotopic (exact) mass is 406 g/mol. The van der Waals surface area contributed by atoms with Crippen LogP contribution in [0.2, 0.25) is 5.02 Å². The quantitative estimate of drug-likeness (QED) is 0.552. The van der Waals surface area contributed by atoms with E-state index in [9.17, 15) is 4.79 Å². The minimum absolute atomic E-state index is 0.147. The molecule has 1 N–H and O–H groups in total. The van der Waals surface area contributed by atoms with Crippen molar-refractivity contribution in [3.05, 3.63) is 63.9 Å². The molecule has 4 rings (SSSR count). The molecule has 146 valence electrons. The second-order valence-electron chi connectivity index (χ2n) is 6.57. The topological polar surface area (TPSA) is 85.6 Å². The summed E-state index contributed by atoms with van der Waals surface area (Å²) in [5.74, 6) is 0.466. The Kier molecular flexibility index (Phi) is 4.98. The number of benzene rings is 1. The van der Waals surface area contributed by atoms with E-state index in [0.717, 1.165) is 22.3 Å². The third kappa shape index (κ3) is 3.45. The molecular weight excluding hydrogens is 388 g/mol. The Bertz CT molecular complexity index is 1280. The largest absolute Gasteiger partial charge is 0.357 e. The van der Waals surface area contributed by atoms with Crippen LogP contribution in [0.5, 0.6) is 0 Å². The maximum absolute atomic E-state index is 13.2. The van der Waals surface area contributed by atoms with Crippen molar-refractivity contribution in [2.24, 2.45) is 0 Å². The van der Waals surface area contributed by atoms with Crippen LogP contribution in [0.4, 0.5) is 5.95 Å². The van der Waals surface area contributed by atoms with E-state index in [0.29, 0.717) is 34.3 Å². The zero-order chi connectivity index (χ0) is 20.5. The standard InChI is InChI=1S/C21H19ClN6O/c1-4-28-19-14(10-25-21(23-3)27-19)7-16(20(28)29)15-6-5-13(8-17(15)22)18-11-24-9-12(2)26-18/h5-11H,4H2,1-3H3,(H,23,25,27). The summed E-state index contributed by atoms with van der Waals surface area (Å²) in [6.07, 6.45) is 5.09. The van der Waals surface area contributed by atoms with Crippen molar-refractivity contribution in [3.8, 4) is 22.4 Å². The first-order valence-corrected chi connectivity index (χ1v) is 9.57. The van der Waals surface area contributed by atoms with Crippen molar-refractivity contribution in [2.45, 2.75) is 20.4 Å². The van der Waals surface area contributed by atoms with Gasteiger partial charge >= 0.3 is 0 Å². The van der Waals surface area contributed by atoms with E-state index in [1.54, 1.807) is 42.3 Å². The van der Waals surface area contributed by atoms with Gasteiger partial charge in [0.1, 0.15) is 5.65 Å². The van der Waals surface area contributed by atoms with Crippen LogP contribution in [0.3, 0.4) is 0 Å². The molecule has 29 heavy (non-hydrogen) atoms. The SMILES string of the molecule is CCn1c(=O)c(-c2ccc(-c3cncc(C)n3)cc2Cl)cc2cnc(NC)nc21. The second-order valence-corrected chi connectivity index (χ2v) is 6.98. The third-order valence-electron chi connectivity index (χ3n) is 4.68. The van der Waals surface area contributed by atoms with Gasteiger partial charge in [-0.3, -0.25) is 14.3 Å². The lowest BCUT2D eigenvalue weighted by Crippen LogP contribution is -2.22. The van der Waals surface area contributed by atoms with E-state index >= 15 is 0 Å². The highest BCUT2D eigenvalue weighted by atomic mass is 35.5. The summed E-state index contributed by atoms with van der Waals surface area (Å²) in [6.45, 7) is 4.28. The molecule has 1 aromatic carbocycles. The minimum Gasteiger partial charge on any atom is -0.357 e. The molecular formula is C21H19ClN6O. The predicted octanol–water partition coefficient (Wildman–Crippen LogP) is 3.94. The van der Waals surface area contributed by atoms with Gasteiger partial charge in [-0.2, -0.15) is 4.98 Å². The maximum Gasteiger partial charge on any atom is 0.260 e. The van der Waals surface area contributed by atoms with Gasteiger partial charge in [-0.15, -0.1) is 0 Å². The van der Waals surface area contributed by atoms with Crippen LogP contribution < -0.4 is 10.9 Å². The number of hydrogen-bond donors (Lipinski definition) is 1. The van der Waals surface area contributed by atoms with E-state index in [4.69, 9.17) is 11.6 Å². The van der Waals surface area contributed by atoms with Gasteiger partial charge in [0.2, 0.25) is 5.95 Å². The van der Waals surface area contributed by atoms with Gasteiger partial charge in [0.05, 0.1) is 17.6 Å². The molecule has 0 fully saturated rings. The predicted molar refractivity (Wildman–Crippen MR) is 115 cm³/mol. The minimum atomic E-state index is -0.147. The average Bonchev–Trinajstić information content (AvgIpc) is 2.73. The Hall–Kier alpha value is -3.32. The van der Waals surface area contributed by atoms with E-state index in [-0.39, 0.29) is 5.56 Å². The van der Waals surface area contributed by atoms with Crippen LogP contribution >= 0.6 is 11.6 Å². The highest BCUT2D eigenvalue weighted by molar-refractivity contribution is 6.33. The number of aryl methyl sites for hydroxylation is 2. The molecule has 0 saturated carbocycles. The number of rotatable bonds is 4. The van der Waals surface area contributed by atoms with Crippen molar-refractivity contribution in [1.29, 1.82) is 0 Å². The smallest absolute Gasteiger partial charge is 0.260 e. The highest BCUT2D eigenvalue weighted by Gasteiger charge is 2.15. The summed E-state index contributed by atoms with van der Waals surface area (Å²) in [6, 6.07) is 7.33. The van der Waals surface area contributed by atoms with E-state index < -0.39 is 0 Å². The van der Waals surface area contributed by atoms with Crippen LogP contribution in [-0.2, 0) is 6.54 Å². The Balaban J connectivity index is 1.88. The fourth-order valence-corrected chi connectivity index (χ4v) is 3.54. The molecule has 8 heteroatoms. The molecule has 4 aromatic rings. The van der Waals surface area contributed by atoms with Gasteiger partial charge in [-0.05, 0) is 26.0 Å². The summed E-state index contributed by atoms with van der Waals surface area (Å²) in [4.78, 5) is 30.5. The second kappa shape index (κ2) is 7.60. The molecule has 0 radical (unpaired) electrons. The summed E-state index contributed by atoms with van der Waals surface area (Å²) in [5.41, 5.74) is 4.00. The molecule has 0 aliphatic carbocycles. The first-order chi connectivity index (χ1) is 14.0. The van der Waals surface area contributed by atoms with Crippen LogP contribution in [0.15, 0.2) is 47.7 Å². The van der Waals surface area contributed by atoms with Gasteiger partial charge < -0.3 is 5.32 Å². The summed E-state index contributed by atoms with van der Waals surface area (Å²) in [5, 5.41) is 4.14. The molecule has 0 aliphatic heterocycles. The molecule has 0 aliphatic rings. The van der Waals surface area contributed by atoms with Crippen molar-refractivity contribution in [3.63, 3.8) is 0 Å². The number of pyridine rings is 1. The first-order valence-electron chi connectivity index (χ1n) is 9.19. The van der Waals surface area contributed by atoms with Crippen molar-refractivity contribution < 1.29 is 0 Å². The number of anilines is 1. The molecule has 0 unspecified atom stereocenters. The third-order valence-corrected chi connectivity index (χ3v) is 4.99. The molecule has 0 amide bonds. The molecule has 0 bridgehead atoms. The summed E-state index contributed by atoms with van der Waals surface area (Å²) >= 11 is 6.58. The van der Waals surface area contributed by atoms with Crippen LogP contribution in [0, 0.1) is 6.92 Å². The van der Waals surface area contributed by atoms with Gasteiger partial charge in [0.25, 0.3) is 5.56 Å². The molecule has 3 aromatic heterocycles. The van der Waals surface area contributed by atoms with Crippen molar-refractivity contribution in [1.82, 2.24) is 24.5 Å². The first kappa shape index (κ1) is 19.0. The van der Waals surface area contributed by atoms with Gasteiger partial charge in [-0.25, -0.2) is 9.97 Å². The number of nitrogens with one attached hydrogen (secondary N) is 1. The number of aromatic nitrogens is 5. The molecule has 0 atom stereocenters. The zero-order valence-corrected chi connectivity index (χ0v) is 17.0. The lowest BCUT2D eigenvalue weighted by molar-refractivity contribution is 0.750. The normalized spacial score (nSPS) is 11.0. The van der Waals surface area contributed by atoms with Gasteiger partial charge in [0, 0.05) is 53.1 Å². The van der Waals surface area contributed by atoms with E-state index in [1.807, 2.05) is 26.0 Å². The lowest BCUT2D eigenvalue weighted by Gasteiger charge is -2.13. The fourth-order valence-electron chi connectivity index (χ4n) is 3.26. The zero-order valence-electron chi connectivity index (χ0n) is 16.3. The molecule has 7 nitrogen and oxygen atoms in total. The maximum atomic E-state index is 13.2. The van der Waals surface area contributed by atoms with Crippen LogP contribution in [0.1, 0.15) is 12.6 Å². The lowest BCUT2D eigenvalue weighted by atomic mass is 10.0. The highest BCUT2D eigenvalue weighted by Crippen LogP contribution is 2.31. The molecule has 0 spiro atoms. The van der Waals surface area contributed by atoms with Gasteiger partial charge in [0.15, 0.2) is 0 Å². The Morgan fingerprint density at radius 2 is 1.93 bits per heavy atom. The van der Waals surface area contributed by atoms with Crippen molar-refractivity contribution in [2.75, 3.05) is 12.4 Å². The van der Waals surface area contributed by atoms with Crippen LogP contribution in [0.25, 0.3) is 33.4 Å². The average molecular weight is 407 g/mol. The number of fused-ring (bicyclic) bond motifs is 1. The number of halogens is 1. The number of nitrogens with zero attached hydrogens (tertiary/aromatic N) is 5. The van der Waals surface area contributed by atoms with E-state index in [1.165, 1.54) is 0 Å². The Morgan fingerprint density at radius 3 is 2.62 bits per heavy atom. The van der Waals surface area contributed by atoms with Crippen LogP contribution in [-0.4, -0.2) is 31.6 Å². The molecule has 0 saturated heterocycles. The molecule has 3 heterocycles.